The standard InChI is InChI=1S/C31H38ClN3O6S/c1-6-18-33-31(37)27(7-2)34(20-23-10-8-9-11-26(23)32)30(36)21-35(24-14-17-28(40-4)29(19-24)41-5)42(38,39)25-15-12-22(3)13-16-25/h8-17,19,27H,6-7,18,20-21H2,1-5H3,(H,33,37)/t27-/m1/s1. The van der Waals surface area contributed by atoms with Crippen molar-refractivity contribution in [1.82, 2.24) is 10.2 Å². The van der Waals surface area contributed by atoms with Gasteiger partial charge in [0, 0.05) is 24.2 Å². The zero-order valence-electron chi connectivity index (χ0n) is 24.6. The van der Waals surface area contributed by atoms with Gasteiger partial charge in [-0.05, 0) is 55.7 Å². The number of nitrogens with one attached hydrogen (secondary N) is 1. The lowest BCUT2D eigenvalue weighted by Gasteiger charge is -2.33. The minimum atomic E-state index is -4.23. The number of hydrogen-bond donors (Lipinski definition) is 1. The first-order valence-corrected chi connectivity index (χ1v) is 15.5. The SMILES string of the molecule is CCCNC(=O)[C@@H](CC)N(Cc1ccccc1Cl)C(=O)CN(c1ccc(OC)c(OC)c1)S(=O)(=O)c1ccc(C)cc1. The zero-order chi connectivity index (χ0) is 30.9. The summed E-state index contributed by atoms with van der Waals surface area (Å²) in [5.74, 6) is -0.193. The van der Waals surface area contributed by atoms with Crippen LogP contribution in [-0.2, 0) is 26.2 Å². The summed E-state index contributed by atoms with van der Waals surface area (Å²) in [6.45, 7) is 5.48. The maximum absolute atomic E-state index is 14.2. The number of hydrogen-bond acceptors (Lipinski definition) is 6. The fourth-order valence-corrected chi connectivity index (χ4v) is 6.04. The summed E-state index contributed by atoms with van der Waals surface area (Å²) in [7, 11) is -1.31. The maximum Gasteiger partial charge on any atom is 0.264 e. The van der Waals surface area contributed by atoms with Crippen molar-refractivity contribution in [1.29, 1.82) is 0 Å². The van der Waals surface area contributed by atoms with E-state index in [1.54, 1.807) is 55.5 Å². The lowest BCUT2D eigenvalue weighted by molar-refractivity contribution is -0.140. The number of carbonyl (C=O) groups is 2. The molecule has 11 heteroatoms. The van der Waals surface area contributed by atoms with Crippen molar-refractivity contribution in [2.24, 2.45) is 0 Å². The van der Waals surface area contributed by atoms with Crippen LogP contribution in [0.5, 0.6) is 11.5 Å². The van der Waals surface area contributed by atoms with Crippen LogP contribution in [0.15, 0.2) is 71.6 Å². The van der Waals surface area contributed by atoms with E-state index in [-0.39, 0.29) is 23.0 Å². The molecule has 0 bridgehead atoms. The Morgan fingerprint density at radius 2 is 1.62 bits per heavy atom. The molecule has 0 aliphatic rings. The second kappa shape index (κ2) is 14.9. The summed E-state index contributed by atoms with van der Waals surface area (Å²) >= 11 is 6.44. The van der Waals surface area contributed by atoms with E-state index in [0.717, 1.165) is 16.3 Å². The van der Waals surface area contributed by atoms with Gasteiger partial charge in [-0.1, -0.05) is 61.3 Å². The summed E-state index contributed by atoms with van der Waals surface area (Å²) in [6, 6.07) is 17.2. The van der Waals surface area contributed by atoms with Crippen molar-refractivity contribution in [2.75, 3.05) is 31.6 Å². The Kier molecular flexibility index (Phi) is 11.6. The summed E-state index contributed by atoms with van der Waals surface area (Å²) in [5.41, 5.74) is 1.72. The molecule has 0 radical (unpaired) electrons. The Hall–Kier alpha value is -3.76. The lowest BCUT2D eigenvalue weighted by Crippen LogP contribution is -2.52. The molecule has 2 amide bonds. The molecule has 9 nitrogen and oxygen atoms in total. The quantitative estimate of drug-likeness (QED) is 0.267. The molecule has 0 unspecified atom stereocenters. The molecular formula is C31H38ClN3O6S. The number of amides is 2. The van der Waals surface area contributed by atoms with Gasteiger partial charge in [-0.3, -0.25) is 13.9 Å². The van der Waals surface area contributed by atoms with Crippen LogP contribution < -0.4 is 19.1 Å². The molecule has 0 saturated carbocycles. The first-order valence-electron chi connectivity index (χ1n) is 13.7. The van der Waals surface area contributed by atoms with Crippen LogP contribution in [0.1, 0.15) is 37.8 Å². The highest BCUT2D eigenvalue weighted by Gasteiger charge is 2.34. The third kappa shape index (κ3) is 7.74. The number of aryl methyl sites for hydroxylation is 1. The van der Waals surface area contributed by atoms with Crippen molar-refractivity contribution < 1.29 is 27.5 Å². The second-order valence-electron chi connectivity index (χ2n) is 9.69. The molecule has 42 heavy (non-hydrogen) atoms. The van der Waals surface area contributed by atoms with Gasteiger partial charge in [0.15, 0.2) is 11.5 Å². The van der Waals surface area contributed by atoms with E-state index in [1.165, 1.54) is 37.3 Å². The Bertz CT molecular complexity index is 1480. The molecule has 1 N–H and O–H groups in total. The van der Waals surface area contributed by atoms with Gasteiger partial charge < -0.3 is 19.7 Å². The van der Waals surface area contributed by atoms with E-state index in [0.29, 0.717) is 35.1 Å². The highest BCUT2D eigenvalue weighted by Crippen LogP contribution is 2.34. The molecule has 0 saturated heterocycles. The summed E-state index contributed by atoms with van der Waals surface area (Å²) < 4.78 is 39.9. The van der Waals surface area contributed by atoms with Gasteiger partial charge in [0.25, 0.3) is 10.0 Å². The third-order valence-corrected chi connectivity index (χ3v) is 8.93. The van der Waals surface area contributed by atoms with E-state index >= 15 is 0 Å². The Morgan fingerprint density at radius 1 is 0.952 bits per heavy atom. The van der Waals surface area contributed by atoms with Crippen LogP contribution in [0.2, 0.25) is 5.02 Å². The van der Waals surface area contributed by atoms with Crippen LogP contribution in [0.4, 0.5) is 5.69 Å². The molecule has 0 aliphatic heterocycles. The van der Waals surface area contributed by atoms with Crippen LogP contribution in [0.3, 0.4) is 0 Å². The monoisotopic (exact) mass is 615 g/mol. The number of halogens is 1. The average Bonchev–Trinajstić information content (AvgIpc) is 2.99. The van der Waals surface area contributed by atoms with E-state index in [9.17, 15) is 18.0 Å². The van der Waals surface area contributed by atoms with Gasteiger partial charge in [0.1, 0.15) is 12.6 Å². The van der Waals surface area contributed by atoms with Crippen LogP contribution in [0, 0.1) is 6.92 Å². The Balaban J connectivity index is 2.12. The first kappa shape index (κ1) is 32.8. The third-order valence-electron chi connectivity index (χ3n) is 6.78. The Labute approximate surface area is 253 Å². The largest absolute Gasteiger partial charge is 0.493 e. The topological polar surface area (TPSA) is 105 Å². The number of benzene rings is 3. The van der Waals surface area contributed by atoms with E-state index in [1.807, 2.05) is 13.8 Å². The first-order chi connectivity index (χ1) is 20.1. The zero-order valence-corrected chi connectivity index (χ0v) is 26.2. The number of ether oxygens (including phenoxy) is 2. The van der Waals surface area contributed by atoms with Crippen molar-refractivity contribution in [2.45, 2.75) is 51.1 Å². The molecule has 3 aromatic carbocycles. The number of nitrogens with zero attached hydrogens (tertiary/aromatic N) is 2. The normalized spacial score (nSPS) is 11.9. The molecule has 0 spiro atoms. The van der Waals surface area contributed by atoms with Crippen LogP contribution >= 0.6 is 11.6 Å². The average molecular weight is 616 g/mol. The van der Waals surface area contributed by atoms with E-state index in [2.05, 4.69) is 5.32 Å². The van der Waals surface area contributed by atoms with Crippen molar-refractivity contribution >= 4 is 39.1 Å². The van der Waals surface area contributed by atoms with Gasteiger partial charge in [-0.25, -0.2) is 8.42 Å². The molecule has 1 atom stereocenters. The second-order valence-corrected chi connectivity index (χ2v) is 12.0. The van der Waals surface area contributed by atoms with Gasteiger partial charge in [-0.15, -0.1) is 0 Å². The fourth-order valence-electron chi connectivity index (χ4n) is 4.44. The number of carbonyl (C=O) groups excluding carboxylic acids is 2. The lowest BCUT2D eigenvalue weighted by atomic mass is 10.1. The van der Waals surface area contributed by atoms with Crippen molar-refractivity contribution in [3.63, 3.8) is 0 Å². The molecular weight excluding hydrogens is 578 g/mol. The molecule has 3 aromatic rings. The van der Waals surface area contributed by atoms with Gasteiger partial charge in [0.05, 0.1) is 24.8 Å². The van der Waals surface area contributed by atoms with E-state index < -0.39 is 28.5 Å². The van der Waals surface area contributed by atoms with Gasteiger partial charge in [0.2, 0.25) is 11.8 Å². The highest BCUT2D eigenvalue weighted by atomic mass is 35.5. The Morgan fingerprint density at radius 3 is 2.21 bits per heavy atom. The van der Waals surface area contributed by atoms with Crippen LogP contribution in [-0.4, -0.2) is 58.5 Å². The smallest absolute Gasteiger partial charge is 0.264 e. The predicted octanol–water partition coefficient (Wildman–Crippen LogP) is 5.19. The molecule has 3 rings (SSSR count). The fraction of sp³-hybridized carbons (Fsp3) is 0.355. The van der Waals surface area contributed by atoms with Gasteiger partial charge >= 0.3 is 0 Å². The molecule has 226 valence electrons. The van der Waals surface area contributed by atoms with Crippen LogP contribution in [0.25, 0.3) is 0 Å². The summed E-state index contributed by atoms with van der Waals surface area (Å²) in [5, 5.41) is 3.30. The van der Waals surface area contributed by atoms with E-state index in [4.69, 9.17) is 21.1 Å². The number of sulfonamides is 1. The molecule has 0 heterocycles. The molecule has 0 fully saturated rings. The minimum absolute atomic E-state index is 0.0148. The number of anilines is 1. The molecule has 0 aliphatic carbocycles. The number of rotatable bonds is 14. The van der Waals surface area contributed by atoms with Crippen molar-refractivity contribution in [3.8, 4) is 11.5 Å². The predicted molar refractivity (Wildman–Crippen MR) is 165 cm³/mol. The maximum atomic E-state index is 14.2. The molecule has 0 aromatic heterocycles. The number of methoxy groups -OCH3 is 2. The highest BCUT2D eigenvalue weighted by molar-refractivity contribution is 7.92. The summed E-state index contributed by atoms with van der Waals surface area (Å²) in [6.07, 6.45) is 1.04. The van der Waals surface area contributed by atoms with Gasteiger partial charge in [-0.2, -0.15) is 0 Å². The summed E-state index contributed by atoms with van der Waals surface area (Å²) in [4.78, 5) is 28.8. The van der Waals surface area contributed by atoms with Crippen molar-refractivity contribution in [3.05, 3.63) is 82.9 Å². The minimum Gasteiger partial charge on any atom is -0.493 e.